The van der Waals surface area contributed by atoms with E-state index >= 15 is 0 Å². The van der Waals surface area contributed by atoms with E-state index in [1.807, 2.05) is 32.0 Å². The average molecular weight is 460 g/mol. The molecule has 1 fully saturated rings. The predicted molar refractivity (Wildman–Crippen MR) is 126 cm³/mol. The zero-order valence-electron chi connectivity index (χ0n) is 18.9. The molecule has 0 atom stereocenters. The van der Waals surface area contributed by atoms with E-state index < -0.39 is 10.0 Å². The summed E-state index contributed by atoms with van der Waals surface area (Å²) in [5.41, 5.74) is 1.77. The van der Waals surface area contributed by atoms with Crippen LogP contribution in [0.2, 0.25) is 0 Å². The van der Waals surface area contributed by atoms with Gasteiger partial charge in [0, 0.05) is 44.8 Å². The average Bonchev–Trinajstić information content (AvgIpc) is 2.78. The van der Waals surface area contributed by atoms with Gasteiger partial charge < -0.3 is 15.0 Å². The smallest absolute Gasteiger partial charge is 0.251 e. The highest BCUT2D eigenvalue weighted by Crippen LogP contribution is 2.14. The summed E-state index contributed by atoms with van der Waals surface area (Å²) in [7, 11) is -3.40. The van der Waals surface area contributed by atoms with Gasteiger partial charge in [-0.15, -0.1) is 0 Å². The summed E-state index contributed by atoms with van der Waals surface area (Å²) in [6.45, 7) is 7.31. The normalized spacial score (nSPS) is 15.6. The summed E-state index contributed by atoms with van der Waals surface area (Å²) in [4.78, 5) is 14.6. The van der Waals surface area contributed by atoms with Crippen molar-refractivity contribution in [3.8, 4) is 5.75 Å². The van der Waals surface area contributed by atoms with Gasteiger partial charge in [0.1, 0.15) is 5.75 Å². The second-order valence-electron chi connectivity index (χ2n) is 8.24. The summed E-state index contributed by atoms with van der Waals surface area (Å²) in [6.07, 6.45) is 1.02. The first-order valence-electron chi connectivity index (χ1n) is 11.1. The van der Waals surface area contributed by atoms with Crippen molar-refractivity contribution in [2.45, 2.75) is 26.4 Å². The highest BCUT2D eigenvalue weighted by molar-refractivity contribution is 7.89. The topological polar surface area (TPSA) is 78.9 Å². The van der Waals surface area contributed by atoms with Gasteiger partial charge in [0.15, 0.2) is 0 Å². The number of ether oxygens (including phenoxy) is 1. The molecule has 1 N–H and O–H groups in total. The fraction of sp³-hybridized carbons (Fsp3) is 0.458. The van der Waals surface area contributed by atoms with Crippen molar-refractivity contribution < 1.29 is 17.9 Å². The summed E-state index contributed by atoms with van der Waals surface area (Å²) in [5, 5.41) is 2.71. The van der Waals surface area contributed by atoms with Gasteiger partial charge in [-0.3, -0.25) is 4.79 Å². The van der Waals surface area contributed by atoms with Gasteiger partial charge in [-0.2, -0.15) is 4.31 Å². The second-order valence-corrected chi connectivity index (χ2v) is 10.3. The Balaban J connectivity index is 1.39. The number of nitrogens with zero attached hydrogens (tertiary/aromatic N) is 2. The van der Waals surface area contributed by atoms with Crippen molar-refractivity contribution in [1.29, 1.82) is 0 Å². The third kappa shape index (κ3) is 7.32. The third-order valence-electron chi connectivity index (χ3n) is 5.42. The maximum atomic E-state index is 12.7. The molecule has 0 radical (unpaired) electrons. The molecule has 1 aliphatic rings. The lowest BCUT2D eigenvalue weighted by atomic mass is 10.1. The number of benzene rings is 2. The zero-order chi connectivity index (χ0) is 23.0. The molecule has 0 unspecified atom stereocenters. The minimum atomic E-state index is -3.40. The molecular weight excluding hydrogens is 426 g/mol. The molecule has 1 aliphatic heterocycles. The Morgan fingerprint density at radius 3 is 2.28 bits per heavy atom. The van der Waals surface area contributed by atoms with Crippen LogP contribution in [0.4, 0.5) is 0 Å². The van der Waals surface area contributed by atoms with Gasteiger partial charge in [-0.25, -0.2) is 8.42 Å². The van der Waals surface area contributed by atoms with E-state index in [-0.39, 0.29) is 24.3 Å². The largest absolute Gasteiger partial charge is 0.491 e. The van der Waals surface area contributed by atoms with Crippen LogP contribution in [-0.4, -0.2) is 74.7 Å². The number of amides is 1. The van der Waals surface area contributed by atoms with Crippen molar-refractivity contribution in [2.75, 3.05) is 45.0 Å². The summed E-state index contributed by atoms with van der Waals surface area (Å²) in [5.74, 6) is 0.307. The summed E-state index contributed by atoms with van der Waals surface area (Å²) >= 11 is 0. The fourth-order valence-corrected chi connectivity index (χ4v) is 4.98. The molecule has 7 nitrogen and oxygen atoms in total. The highest BCUT2D eigenvalue weighted by atomic mass is 32.2. The SMILES string of the molecule is CC(C)Oc1ccc(C(=O)NCCS(=O)(=O)N2CCN(CCc3ccccc3)CC2)cc1. The quantitative estimate of drug-likeness (QED) is 0.590. The molecule has 2 aromatic carbocycles. The zero-order valence-corrected chi connectivity index (χ0v) is 19.7. The summed E-state index contributed by atoms with van der Waals surface area (Å²) in [6, 6.07) is 17.1. The first-order chi connectivity index (χ1) is 15.3. The fourth-order valence-electron chi connectivity index (χ4n) is 3.64. The second kappa shape index (κ2) is 11.4. The number of sulfonamides is 1. The van der Waals surface area contributed by atoms with Crippen LogP contribution >= 0.6 is 0 Å². The van der Waals surface area contributed by atoms with Crippen molar-refractivity contribution in [3.63, 3.8) is 0 Å². The van der Waals surface area contributed by atoms with Crippen LogP contribution < -0.4 is 10.1 Å². The van der Waals surface area contributed by atoms with E-state index in [0.29, 0.717) is 24.4 Å². The van der Waals surface area contributed by atoms with Gasteiger partial charge in [0.2, 0.25) is 10.0 Å². The van der Waals surface area contributed by atoms with Crippen LogP contribution in [0.15, 0.2) is 54.6 Å². The third-order valence-corrected chi connectivity index (χ3v) is 7.29. The number of carbonyl (C=O) groups excluding carboxylic acids is 1. The maximum absolute atomic E-state index is 12.7. The minimum absolute atomic E-state index is 0.0608. The molecule has 1 amide bonds. The Hall–Kier alpha value is -2.42. The van der Waals surface area contributed by atoms with Gasteiger partial charge in [-0.1, -0.05) is 30.3 Å². The molecular formula is C24H33N3O4S. The van der Waals surface area contributed by atoms with Crippen molar-refractivity contribution >= 4 is 15.9 Å². The highest BCUT2D eigenvalue weighted by Gasteiger charge is 2.26. The number of hydrogen-bond acceptors (Lipinski definition) is 5. The van der Waals surface area contributed by atoms with Crippen LogP contribution in [0, 0.1) is 0 Å². The number of rotatable bonds is 10. The first-order valence-corrected chi connectivity index (χ1v) is 12.7. The molecule has 1 saturated heterocycles. The van der Waals surface area contributed by atoms with Crippen LogP contribution in [0.25, 0.3) is 0 Å². The Bertz CT molecular complexity index is 954. The molecule has 0 spiro atoms. The maximum Gasteiger partial charge on any atom is 0.251 e. The predicted octanol–water partition coefficient (Wildman–Crippen LogP) is 2.39. The Morgan fingerprint density at radius 1 is 1.00 bits per heavy atom. The monoisotopic (exact) mass is 459 g/mol. The van der Waals surface area contributed by atoms with Gasteiger partial charge in [0.25, 0.3) is 5.91 Å². The molecule has 8 heteroatoms. The van der Waals surface area contributed by atoms with E-state index in [9.17, 15) is 13.2 Å². The molecule has 0 aliphatic carbocycles. The number of nitrogens with one attached hydrogen (secondary N) is 1. The minimum Gasteiger partial charge on any atom is -0.491 e. The van der Waals surface area contributed by atoms with Crippen LogP contribution in [0.3, 0.4) is 0 Å². The van der Waals surface area contributed by atoms with E-state index in [4.69, 9.17) is 4.74 Å². The van der Waals surface area contributed by atoms with Crippen LogP contribution in [-0.2, 0) is 16.4 Å². The van der Waals surface area contributed by atoms with E-state index in [0.717, 1.165) is 26.1 Å². The van der Waals surface area contributed by atoms with E-state index in [1.165, 1.54) is 9.87 Å². The number of carbonyl (C=O) groups is 1. The lowest BCUT2D eigenvalue weighted by Gasteiger charge is -2.34. The van der Waals surface area contributed by atoms with Gasteiger partial charge >= 0.3 is 0 Å². The molecule has 174 valence electrons. The van der Waals surface area contributed by atoms with Crippen molar-refractivity contribution in [3.05, 3.63) is 65.7 Å². The van der Waals surface area contributed by atoms with E-state index in [1.54, 1.807) is 24.3 Å². The Kier molecular flexibility index (Phi) is 8.67. The molecule has 0 bridgehead atoms. The lowest BCUT2D eigenvalue weighted by molar-refractivity contribution is 0.0956. The molecule has 0 aromatic heterocycles. The molecule has 32 heavy (non-hydrogen) atoms. The van der Waals surface area contributed by atoms with E-state index in [2.05, 4.69) is 22.3 Å². The number of hydrogen-bond donors (Lipinski definition) is 1. The van der Waals surface area contributed by atoms with Crippen molar-refractivity contribution in [1.82, 2.24) is 14.5 Å². The number of piperazine rings is 1. The van der Waals surface area contributed by atoms with Gasteiger partial charge in [0.05, 0.1) is 11.9 Å². The molecule has 1 heterocycles. The summed E-state index contributed by atoms with van der Waals surface area (Å²) < 4.78 is 32.5. The van der Waals surface area contributed by atoms with Gasteiger partial charge in [-0.05, 0) is 50.1 Å². The van der Waals surface area contributed by atoms with Crippen LogP contribution in [0.5, 0.6) is 5.75 Å². The Morgan fingerprint density at radius 2 is 1.66 bits per heavy atom. The molecule has 2 aromatic rings. The Labute approximate surface area is 191 Å². The van der Waals surface area contributed by atoms with Crippen molar-refractivity contribution in [2.24, 2.45) is 0 Å². The first kappa shape index (κ1) is 24.2. The van der Waals surface area contributed by atoms with Crippen LogP contribution in [0.1, 0.15) is 29.8 Å². The molecule has 0 saturated carbocycles. The molecule has 3 rings (SSSR count). The lowest BCUT2D eigenvalue weighted by Crippen LogP contribution is -2.50. The standard InChI is InChI=1S/C24H33N3O4S/c1-20(2)31-23-10-8-22(9-11-23)24(28)25-13-19-32(29,30)27-17-15-26(16-18-27)14-12-21-6-4-3-5-7-21/h3-11,20H,12-19H2,1-2H3,(H,25,28).